The molecule has 0 unspecified atom stereocenters. The number of aryl methyl sites for hydroxylation is 3. The Hall–Kier alpha value is -2.42. The van der Waals surface area contributed by atoms with Crippen molar-refractivity contribution in [1.29, 1.82) is 0 Å². The lowest BCUT2D eigenvalue weighted by Crippen LogP contribution is -2.10. The molecule has 2 nitrogen and oxygen atoms in total. The van der Waals surface area contributed by atoms with E-state index in [0.29, 0.717) is 0 Å². The van der Waals surface area contributed by atoms with Crippen molar-refractivity contribution in [3.8, 4) is 11.1 Å². The van der Waals surface area contributed by atoms with Crippen LogP contribution in [0.4, 0.5) is 0 Å². The van der Waals surface area contributed by atoms with Gasteiger partial charge in [-0.2, -0.15) is 0 Å². The Morgan fingerprint density at radius 3 is 1.54 bits per heavy atom. The van der Waals surface area contributed by atoms with Crippen LogP contribution in [0, 0.1) is 5.92 Å². The third kappa shape index (κ3) is 6.05. The molecule has 0 aliphatic rings. The highest BCUT2D eigenvalue weighted by Crippen LogP contribution is 2.20. The SMILES string of the molecule is OCC(CO)CCCc1ccc(CCc2ccc(-c3ccccc3)cc2)cc1. The third-order valence-corrected chi connectivity index (χ3v) is 5.38. The first kappa shape index (κ1) is 20.3. The molecule has 3 aromatic rings. The lowest BCUT2D eigenvalue weighted by molar-refractivity contribution is 0.142. The third-order valence-electron chi connectivity index (χ3n) is 5.38. The van der Waals surface area contributed by atoms with Crippen LogP contribution in [0.2, 0.25) is 0 Å². The van der Waals surface area contributed by atoms with Crippen molar-refractivity contribution >= 4 is 0 Å². The fourth-order valence-electron chi connectivity index (χ4n) is 3.49. The second-order valence-corrected chi connectivity index (χ2v) is 7.50. The van der Waals surface area contributed by atoms with Crippen molar-refractivity contribution in [3.63, 3.8) is 0 Å². The fraction of sp³-hybridized carbons (Fsp3) is 0.308. The Labute approximate surface area is 168 Å². The second-order valence-electron chi connectivity index (χ2n) is 7.50. The maximum Gasteiger partial charge on any atom is 0.0481 e. The van der Waals surface area contributed by atoms with Crippen LogP contribution in [0.5, 0.6) is 0 Å². The number of rotatable bonds is 10. The molecule has 0 aliphatic heterocycles. The van der Waals surface area contributed by atoms with E-state index in [1.807, 2.05) is 6.07 Å². The molecule has 0 spiro atoms. The van der Waals surface area contributed by atoms with Crippen molar-refractivity contribution in [2.75, 3.05) is 13.2 Å². The highest BCUT2D eigenvalue weighted by Gasteiger charge is 2.05. The number of benzene rings is 3. The summed E-state index contributed by atoms with van der Waals surface area (Å²) in [7, 11) is 0. The zero-order chi connectivity index (χ0) is 19.6. The van der Waals surface area contributed by atoms with Crippen LogP contribution >= 0.6 is 0 Å². The summed E-state index contributed by atoms with van der Waals surface area (Å²) >= 11 is 0. The van der Waals surface area contributed by atoms with Gasteiger partial charge in [0.2, 0.25) is 0 Å². The van der Waals surface area contributed by atoms with E-state index in [9.17, 15) is 0 Å². The number of hydrogen-bond acceptors (Lipinski definition) is 2. The van der Waals surface area contributed by atoms with Gasteiger partial charge in [0, 0.05) is 19.1 Å². The number of aliphatic hydroxyl groups excluding tert-OH is 2. The first-order chi connectivity index (χ1) is 13.8. The minimum absolute atomic E-state index is 0.0209. The summed E-state index contributed by atoms with van der Waals surface area (Å²) in [6, 6.07) is 28.2. The van der Waals surface area contributed by atoms with Gasteiger partial charge in [0.25, 0.3) is 0 Å². The average Bonchev–Trinajstić information content (AvgIpc) is 2.77. The van der Waals surface area contributed by atoms with E-state index in [4.69, 9.17) is 10.2 Å². The standard InChI is InChI=1S/C26H30O2/c27-19-24(20-28)6-4-5-21-9-11-22(12-10-21)13-14-23-15-17-26(18-16-23)25-7-2-1-3-8-25/h1-3,7-12,15-18,24,27-28H,4-6,13-14,19-20H2. The smallest absolute Gasteiger partial charge is 0.0481 e. The van der Waals surface area contributed by atoms with Crippen LogP contribution in [-0.4, -0.2) is 23.4 Å². The van der Waals surface area contributed by atoms with Gasteiger partial charge in [-0.3, -0.25) is 0 Å². The van der Waals surface area contributed by atoms with E-state index in [0.717, 1.165) is 32.1 Å². The molecule has 0 saturated heterocycles. The van der Waals surface area contributed by atoms with Gasteiger partial charge in [-0.1, -0.05) is 78.9 Å². The molecule has 0 fully saturated rings. The summed E-state index contributed by atoms with van der Waals surface area (Å²) in [6.45, 7) is 0.142. The maximum absolute atomic E-state index is 9.13. The molecule has 2 heteroatoms. The van der Waals surface area contributed by atoms with Crippen molar-refractivity contribution in [2.45, 2.75) is 32.1 Å². The molecule has 0 saturated carbocycles. The first-order valence-corrected chi connectivity index (χ1v) is 10.2. The fourth-order valence-corrected chi connectivity index (χ4v) is 3.49. The zero-order valence-electron chi connectivity index (χ0n) is 16.4. The molecular formula is C26H30O2. The highest BCUT2D eigenvalue weighted by atomic mass is 16.3. The van der Waals surface area contributed by atoms with E-state index in [1.54, 1.807) is 0 Å². The molecule has 2 N–H and O–H groups in total. The molecule has 0 aromatic heterocycles. The number of hydrogen-bond donors (Lipinski definition) is 2. The Bertz CT molecular complexity index is 803. The van der Waals surface area contributed by atoms with Gasteiger partial charge in [-0.05, 0) is 59.9 Å². The molecule has 3 rings (SSSR count). The Morgan fingerprint density at radius 2 is 1.00 bits per heavy atom. The van der Waals surface area contributed by atoms with Crippen LogP contribution in [0.25, 0.3) is 11.1 Å². The van der Waals surface area contributed by atoms with Crippen LogP contribution < -0.4 is 0 Å². The normalized spacial score (nSPS) is 11.1. The van der Waals surface area contributed by atoms with Crippen molar-refractivity contribution < 1.29 is 10.2 Å². The van der Waals surface area contributed by atoms with E-state index in [-0.39, 0.29) is 19.1 Å². The topological polar surface area (TPSA) is 40.5 Å². The second kappa shape index (κ2) is 10.8. The maximum atomic E-state index is 9.13. The minimum atomic E-state index is 0.0209. The molecule has 3 aromatic carbocycles. The van der Waals surface area contributed by atoms with Gasteiger partial charge < -0.3 is 10.2 Å². The van der Waals surface area contributed by atoms with Crippen LogP contribution in [-0.2, 0) is 19.3 Å². The molecule has 0 aliphatic carbocycles. The van der Waals surface area contributed by atoms with Gasteiger partial charge in [0.15, 0.2) is 0 Å². The molecule has 0 atom stereocenters. The van der Waals surface area contributed by atoms with Gasteiger partial charge >= 0.3 is 0 Å². The van der Waals surface area contributed by atoms with Gasteiger partial charge in [0.1, 0.15) is 0 Å². The van der Waals surface area contributed by atoms with E-state index < -0.39 is 0 Å². The number of aliphatic hydroxyl groups is 2. The molecule has 146 valence electrons. The van der Waals surface area contributed by atoms with Crippen LogP contribution in [0.15, 0.2) is 78.9 Å². The van der Waals surface area contributed by atoms with Gasteiger partial charge in [-0.25, -0.2) is 0 Å². The van der Waals surface area contributed by atoms with Crippen LogP contribution in [0.1, 0.15) is 29.5 Å². The molecule has 0 heterocycles. The Kier molecular flexibility index (Phi) is 7.83. The predicted molar refractivity (Wildman–Crippen MR) is 116 cm³/mol. The highest BCUT2D eigenvalue weighted by molar-refractivity contribution is 5.63. The molecule has 28 heavy (non-hydrogen) atoms. The molecule has 0 amide bonds. The van der Waals surface area contributed by atoms with Gasteiger partial charge in [-0.15, -0.1) is 0 Å². The predicted octanol–water partition coefficient (Wildman–Crippen LogP) is 5.06. The Morgan fingerprint density at radius 1 is 0.536 bits per heavy atom. The monoisotopic (exact) mass is 374 g/mol. The Balaban J connectivity index is 1.47. The first-order valence-electron chi connectivity index (χ1n) is 10.2. The van der Waals surface area contributed by atoms with E-state index in [1.165, 1.54) is 27.8 Å². The van der Waals surface area contributed by atoms with Crippen molar-refractivity contribution in [1.82, 2.24) is 0 Å². The van der Waals surface area contributed by atoms with Gasteiger partial charge in [0.05, 0.1) is 0 Å². The minimum Gasteiger partial charge on any atom is -0.396 e. The summed E-state index contributed by atoms with van der Waals surface area (Å²) in [5.74, 6) is 0.0209. The quantitative estimate of drug-likeness (QED) is 0.521. The van der Waals surface area contributed by atoms with Crippen molar-refractivity contribution in [2.24, 2.45) is 5.92 Å². The summed E-state index contributed by atoms with van der Waals surface area (Å²) in [4.78, 5) is 0. The summed E-state index contributed by atoms with van der Waals surface area (Å²) < 4.78 is 0. The van der Waals surface area contributed by atoms with Crippen molar-refractivity contribution in [3.05, 3.63) is 95.6 Å². The average molecular weight is 375 g/mol. The lowest BCUT2D eigenvalue weighted by atomic mass is 9.98. The summed E-state index contributed by atoms with van der Waals surface area (Å²) in [5, 5.41) is 18.3. The van der Waals surface area contributed by atoms with E-state index >= 15 is 0 Å². The lowest BCUT2D eigenvalue weighted by Gasteiger charge is -2.10. The molecule has 0 radical (unpaired) electrons. The van der Waals surface area contributed by atoms with E-state index in [2.05, 4.69) is 72.8 Å². The summed E-state index contributed by atoms with van der Waals surface area (Å²) in [6.07, 6.45) is 4.95. The van der Waals surface area contributed by atoms with Crippen LogP contribution in [0.3, 0.4) is 0 Å². The molecular weight excluding hydrogens is 344 g/mol. The molecule has 0 bridgehead atoms. The largest absolute Gasteiger partial charge is 0.396 e. The summed E-state index contributed by atoms with van der Waals surface area (Å²) in [5.41, 5.74) is 6.57. The zero-order valence-corrected chi connectivity index (χ0v) is 16.4.